The molecule has 156 valence electrons. The first-order valence-corrected chi connectivity index (χ1v) is 9.96. The van der Waals surface area contributed by atoms with Crippen molar-refractivity contribution in [1.82, 2.24) is 10.2 Å². The Morgan fingerprint density at radius 2 is 1.87 bits per heavy atom. The fourth-order valence-corrected chi connectivity index (χ4v) is 3.73. The van der Waals surface area contributed by atoms with Gasteiger partial charge in [0.05, 0.1) is 25.6 Å². The van der Waals surface area contributed by atoms with E-state index in [1.165, 1.54) is 0 Å². The third kappa shape index (κ3) is 4.02. The Hall–Kier alpha value is -3.32. The molecule has 0 atom stereocenters. The number of rotatable bonds is 6. The van der Waals surface area contributed by atoms with Crippen molar-refractivity contribution in [3.05, 3.63) is 59.8 Å². The molecule has 1 aromatic heterocycles. The van der Waals surface area contributed by atoms with Crippen molar-refractivity contribution in [3.63, 3.8) is 0 Å². The molecule has 0 spiro atoms. The molecule has 1 aliphatic heterocycles. The lowest BCUT2D eigenvalue weighted by atomic mass is 9.94. The van der Waals surface area contributed by atoms with E-state index in [1.807, 2.05) is 36.4 Å². The summed E-state index contributed by atoms with van der Waals surface area (Å²) >= 11 is 0. The molecule has 0 bridgehead atoms. The SMILES string of the molecule is COc1ccc(OC)c(-c2n[nH]c(C3CCOCC3)c2NC(=O)c2ccccc2)c1. The van der Waals surface area contributed by atoms with Gasteiger partial charge in [-0.2, -0.15) is 5.10 Å². The highest BCUT2D eigenvalue weighted by molar-refractivity contribution is 6.06. The number of aromatic amines is 1. The van der Waals surface area contributed by atoms with Crippen molar-refractivity contribution in [2.75, 3.05) is 32.8 Å². The Morgan fingerprint density at radius 1 is 1.10 bits per heavy atom. The van der Waals surface area contributed by atoms with E-state index >= 15 is 0 Å². The van der Waals surface area contributed by atoms with Crippen molar-refractivity contribution < 1.29 is 19.0 Å². The predicted octanol–water partition coefficient (Wildman–Crippen LogP) is 4.24. The highest BCUT2D eigenvalue weighted by atomic mass is 16.5. The average Bonchev–Trinajstić information content (AvgIpc) is 3.23. The van der Waals surface area contributed by atoms with Gasteiger partial charge in [-0.1, -0.05) is 18.2 Å². The maximum Gasteiger partial charge on any atom is 0.255 e. The third-order valence-corrected chi connectivity index (χ3v) is 5.36. The van der Waals surface area contributed by atoms with E-state index in [4.69, 9.17) is 14.2 Å². The number of ether oxygens (including phenoxy) is 3. The van der Waals surface area contributed by atoms with Gasteiger partial charge in [-0.3, -0.25) is 9.89 Å². The number of amides is 1. The van der Waals surface area contributed by atoms with Crippen LogP contribution in [0.15, 0.2) is 48.5 Å². The quantitative estimate of drug-likeness (QED) is 0.638. The van der Waals surface area contributed by atoms with Gasteiger partial charge >= 0.3 is 0 Å². The van der Waals surface area contributed by atoms with Crippen LogP contribution in [0.3, 0.4) is 0 Å². The zero-order chi connectivity index (χ0) is 20.9. The monoisotopic (exact) mass is 407 g/mol. The Kier molecular flexibility index (Phi) is 5.99. The fraction of sp³-hybridized carbons (Fsp3) is 0.304. The van der Waals surface area contributed by atoms with Gasteiger partial charge in [-0.05, 0) is 43.2 Å². The largest absolute Gasteiger partial charge is 0.497 e. The highest BCUT2D eigenvalue weighted by Crippen LogP contribution is 2.41. The molecule has 1 aliphatic rings. The number of anilines is 1. The van der Waals surface area contributed by atoms with Gasteiger partial charge in [0.15, 0.2) is 0 Å². The summed E-state index contributed by atoms with van der Waals surface area (Å²) in [6.07, 6.45) is 1.73. The lowest BCUT2D eigenvalue weighted by Crippen LogP contribution is -2.18. The van der Waals surface area contributed by atoms with E-state index in [9.17, 15) is 4.79 Å². The molecule has 30 heavy (non-hydrogen) atoms. The predicted molar refractivity (Wildman–Crippen MR) is 114 cm³/mol. The summed E-state index contributed by atoms with van der Waals surface area (Å²) < 4.78 is 16.5. The minimum Gasteiger partial charge on any atom is -0.497 e. The number of carbonyl (C=O) groups excluding carboxylic acids is 1. The Labute approximate surface area is 175 Å². The minimum absolute atomic E-state index is 0.187. The maximum atomic E-state index is 13.0. The van der Waals surface area contributed by atoms with Crippen LogP contribution in [-0.4, -0.2) is 43.5 Å². The van der Waals surface area contributed by atoms with Crippen molar-refractivity contribution in [2.45, 2.75) is 18.8 Å². The molecular weight excluding hydrogens is 382 g/mol. The van der Waals surface area contributed by atoms with E-state index in [1.54, 1.807) is 26.4 Å². The Morgan fingerprint density at radius 3 is 2.57 bits per heavy atom. The lowest BCUT2D eigenvalue weighted by molar-refractivity contribution is 0.0846. The number of benzene rings is 2. The molecule has 0 radical (unpaired) electrons. The van der Waals surface area contributed by atoms with Crippen LogP contribution in [0.25, 0.3) is 11.3 Å². The Balaban J connectivity index is 1.79. The summed E-state index contributed by atoms with van der Waals surface area (Å²) in [7, 11) is 3.22. The van der Waals surface area contributed by atoms with Crippen LogP contribution in [0.1, 0.15) is 34.8 Å². The zero-order valence-electron chi connectivity index (χ0n) is 17.1. The standard InChI is InChI=1S/C23H25N3O4/c1-28-17-8-9-19(29-2)18(14-17)21-22(24-23(27)16-6-4-3-5-7-16)20(25-26-21)15-10-12-30-13-11-15/h3-9,14-15H,10-13H2,1-2H3,(H,24,27)(H,25,26). The first-order chi connectivity index (χ1) is 14.7. The van der Waals surface area contributed by atoms with Crippen molar-refractivity contribution in [2.24, 2.45) is 0 Å². The van der Waals surface area contributed by atoms with Gasteiger partial charge < -0.3 is 19.5 Å². The van der Waals surface area contributed by atoms with Crippen LogP contribution < -0.4 is 14.8 Å². The fourth-order valence-electron chi connectivity index (χ4n) is 3.73. The normalized spacial score (nSPS) is 14.3. The van der Waals surface area contributed by atoms with Crippen LogP contribution in [0.4, 0.5) is 5.69 Å². The third-order valence-electron chi connectivity index (χ3n) is 5.36. The number of hydrogen-bond acceptors (Lipinski definition) is 5. The van der Waals surface area contributed by atoms with Crippen LogP contribution in [0, 0.1) is 0 Å². The summed E-state index contributed by atoms with van der Waals surface area (Å²) in [5.74, 6) is 1.37. The molecular formula is C23H25N3O4. The van der Waals surface area contributed by atoms with Gasteiger partial charge in [-0.25, -0.2) is 0 Å². The molecule has 1 amide bonds. The van der Waals surface area contributed by atoms with Gasteiger partial charge in [0.1, 0.15) is 17.2 Å². The van der Waals surface area contributed by atoms with E-state index in [2.05, 4.69) is 15.5 Å². The Bertz CT molecular complexity index is 1010. The number of hydrogen-bond donors (Lipinski definition) is 2. The molecule has 4 rings (SSSR count). The summed E-state index contributed by atoms with van der Waals surface area (Å²) in [5.41, 5.74) is 3.52. The van der Waals surface area contributed by atoms with Crippen LogP contribution in [0.2, 0.25) is 0 Å². The molecule has 2 N–H and O–H groups in total. The van der Waals surface area contributed by atoms with E-state index in [0.29, 0.717) is 41.7 Å². The molecule has 0 aliphatic carbocycles. The first-order valence-electron chi connectivity index (χ1n) is 9.96. The molecule has 3 aromatic rings. The average molecular weight is 407 g/mol. The van der Waals surface area contributed by atoms with E-state index < -0.39 is 0 Å². The molecule has 2 aromatic carbocycles. The number of nitrogens with zero attached hydrogens (tertiary/aromatic N) is 1. The summed E-state index contributed by atoms with van der Waals surface area (Å²) in [6, 6.07) is 14.7. The zero-order valence-corrected chi connectivity index (χ0v) is 17.1. The molecule has 0 saturated carbocycles. The number of nitrogens with one attached hydrogen (secondary N) is 2. The molecule has 0 unspecified atom stereocenters. The van der Waals surface area contributed by atoms with E-state index in [0.717, 1.165) is 24.1 Å². The van der Waals surface area contributed by atoms with Gasteiger partial charge in [0.2, 0.25) is 0 Å². The number of aromatic nitrogens is 2. The number of carbonyl (C=O) groups is 1. The maximum absolute atomic E-state index is 13.0. The molecule has 7 nitrogen and oxygen atoms in total. The first kappa shape index (κ1) is 20.0. The van der Waals surface area contributed by atoms with Crippen molar-refractivity contribution in [1.29, 1.82) is 0 Å². The molecule has 1 saturated heterocycles. The van der Waals surface area contributed by atoms with Gasteiger partial charge in [-0.15, -0.1) is 0 Å². The second-order valence-corrected chi connectivity index (χ2v) is 7.13. The summed E-state index contributed by atoms with van der Waals surface area (Å²) in [6.45, 7) is 1.38. The van der Waals surface area contributed by atoms with Gasteiger partial charge in [0, 0.05) is 30.3 Å². The van der Waals surface area contributed by atoms with Crippen LogP contribution in [-0.2, 0) is 4.74 Å². The number of H-pyrrole nitrogens is 1. The second-order valence-electron chi connectivity index (χ2n) is 7.13. The van der Waals surface area contributed by atoms with Crippen LogP contribution >= 0.6 is 0 Å². The molecule has 1 fully saturated rings. The summed E-state index contributed by atoms with van der Waals surface area (Å²) in [5, 5.41) is 10.8. The van der Waals surface area contributed by atoms with Gasteiger partial charge in [0.25, 0.3) is 5.91 Å². The minimum atomic E-state index is -0.187. The van der Waals surface area contributed by atoms with Crippen molar-refractivity contribution in [3.8, 4) is 22.8 Å². The van der Waals surface area contributed by atoms with Crippen molar-refractivity contribution >= 4 is 11.6 Å². The molecule has 2 heterocycles. The summed E-state index contributed by atoms with van der Waals surface area (Å²) in [4.78, 5) is 13.0. The van der Waals surface area contributed by atoms with E-state index in [-0.39, 0.29) is 11.8 Å². The lowest BCUT2D eigenvalue weighted by Gasteiger charge is -2.22. The van der Waals surface area contributed by atoms with Crippen LogP contribution in [0.5, 0.6) is 11.5 Å². The topological polar surface area (TPSA) is 85.5 Å². The number of methoxy groups -OCH3 is 2. The smallest absolute Gasteiger partial charge is 0.255 e. The molecule has 7 heteroatoms. The second kappa shape index (κ2) is 9.00. The highest BCUT2D eigenvalue weighted by Gasteiger charge is 2.27.